The summed E-state index contributed by atoms with van der Waals surface area (Å²) in [6.45, 7) is 3.98. The zero-order valence-electron chi connectivity index (χ0n) is 47.1. The van der Waals surface area contributed by atoms with Crippen LogP contribution >= 0.6 is 11.3 Å². The Labute approximate surface area is 515 Å². The SMILES string of the molecule is Cc1nc(-c2[c-]cccc2)n(-c2ccccc2C)n1.[Ir].c1cc(-n2c3ccccc3c3ccccc32)cc(-n2c3ccccc3c3ccccc32)c1.c1ccc(-n2c(-c3cccc(-c4cccc5c4sc4ccccc45)c3)nc3ccccc32)cc1. The largest absolute Gasteiger partial charge is 0.309 e. The summed E-state index contributed by atoms with van der Waals surface area (Å²) in [5.41, 5.74) is 17.2. The van der Waals surface area contributed by atoms with Gasteiger partial charge in [-0.2, -0.15) is 5.10 Å². The molecule has 0 unspecified atom stereocenters. The molecule has 9 heteroatoms. The first-order valence-electron chi connectivity index (χ1n) is 28.6. The van der Waals surface area contributed by atoms with Crippen molar-refractivity contribution in [3.8, 4) is 56.7 Å². The van der Waals surface area contributed by atoms with Gasteiger partial charge >= 0.3 is 0 Å². The van der Waals surface area contributed by atoms with Crippen LogP contribution in [0.3, 0.4) is 0 Å². The van der Waals surface area contributed by atoms with Crippen molar-refractivity contribution in [3.05, 3.63) is 309 Å². The van der Waals surface area contributed by atoms with Crippen molar-refractivity contribution in [2.75, 3.05) is 0 Å². The molecular weight excluding hydrogens is 1250 g/mol. The van der Waals surface area contributed by atoms with E-state index < -0.39 is 0 Å². The number of thiophene rings is 1. The molecular formula is C77H54IrN7S-. The molecule has 17 aromatic rings. The molecule has 0 aliphatic heterocycles. The second-order valence-electron chi connectivity index (χ2n) is 21.2. The van der Waals surface area contributed by atoms with Crippen LogP contribution in [0.4, 0.5) is 0 Å². The monoisotopic (exact) mass is 1300 g/mol. The number of aromatic nitrogens is 7. The first-order valence-corrected chi connectivity index (χ1v) is 29.4. The summed E-state index contributed by atoms with van der Waals surface area (Å²) in [6, 6.07) is 106. The summed E-state index contributed by atoms with van der Waals surface area (Å²) >= 11 is 1.87. The van der Waals surface area contributed by atoms with Crippen molar-refractivity contribution < 1.29 is 20.1 Å². The van der Waals surface area contributed by atoms with E-state index in [1.54, 1.807) is 0 Å². The molecule has 0 spiro atoms. The molecule has 1 radical (unpaired) electrons. The van der Waals surface area contributed by atoms with Crippen molar-refractivity contribution in [1.82, 2.24) is 33.4 Å². The van der Waals surface area contributed by atoms with E-state index in [-0.39, 0.29) is 20.1 Å². The standard InChI is InChI=1S/C31H20N2S.C30H20N2.C16H14N3.Ir/c1-2-12-23(13-3-1)33-28-18-6-5-17-27(28)32-31(33)22-11-8-10-21(20-22)24-15-9-16-26-25-14-4-7-19-29(25)34-30(24)26;1-5-16-27-23(12-1)24-13-2-6-17-28(24)31(27)21-10-9-11-22(20-21)32-29-18-7-3-14-25(29)26-15-4-8-19-30(26)32;1-12-8-6-7-11-15(12)19-16(17-13(2)18-19)14-9-4-3-5-10-14;/h1-20H;1-20H;3-9,11H,1-2H3;/q;;-1;. The van der Waals surface area contributed by atoms with Crippen LogP contribution in [0.2, 0.25) is 0 Å². The minimum atomic E-state index is 0. The van der Waals surface area contributed by atoms with Gasteiger partial charge < -0.3 is 9.13 Å². The van der Waals surface area contributed by atoms with Crippen LogP contribution in [0.15, 0.2) is 291 Å². The fourth-order valence-corrected chi connectivity index (χ4v) is 13.4. The maximum atomic E-state index is 5.06. The van der Waals surface area contributed by atoms with Gasteiger partial charge in [-0.1, -0.05) is 182 Å². The molecule has 0 aliphatic carbocycles. The van der Waals surface area contributed by atoms with Crippen LogP contribution in [0.5, 0.6) is 0 Å². The fourth-order valence-electron chi connectivity index (χ4n) is 12.1. The van der Waals surface area contributed by atoms with Gasteiger partial charge in [-0.15, -0.1) is 47.2 Å². The second-order valence-corrected chi connectivity index (χ2v) is 22.2. The second kappa shape index (κ2) is 23.1. The van der Waals surface area contributed by atoms with Crippen molar-refractivity contribution in [2.45, 2.75) is 13.8 Å². The number of rotatable bonds is 7. The number of fused-ring (bicyclic) bond motifs is 10. The Morgan fingerprint density at radius 2 is 0.884 bits per heavy atom. The van der Waals surface area contributed by atoms with Crippen molar-refractivity contribution in [1.29, 1.82) is 0 Å². The van der Waals surface area contributed by atoms with E-state index in [0.717, 1.165) is 51.0 Å². The van der Waals surface area contributed by atoms with Gasteiger partial charge in [0.1, 0.15) is 11.6 Å². The molecule has 0 fully saturated rings. The summed E-state index contributed by atoms with van der Waals surface area (Å²) in [4.78, 5) is 9.58. The number of nitrogens with zero attached hydrogens (tertiary/aromatic N) is 7. The van der Waals surface area contributed by atoms with Crippen molar-refractivity contribution in [2.24, 2.45) is 0 Å². The minimum absolute atomic E-state index is 0. The van der Waals surface area contributed by atoms with E-state index >= 15 is 0 Å². The van der Waals surface area contributed by atoms with E-state index in [1.165, 1.54) is 91.8 Å². The summed E-state index contributed by atoms with van der Waals surface area (Å²) in [6.07, 6.45) is 0. The maximum Gasteiger partial charge on any atom is 0.145 e. The number of hydrogen-bond acceptors (Lipinski definition) is 4. The predicted octanol–water partition coefficient (Wildman–Crippen LogP) is 20.0. The zero-order valence-corrected chi connectivity index (χ0v) is 50.3. The molecule has 0 aliphatic rings. The Balaban J connectivity index is 0.000000118. The molecule has 0 saturated heterocycles. The van der Waals surface area contributed by atoms with Crippen LogP contribution in [0.1, 0.15) is 11.4 Å². The van der Waals surface area contributed by atoms with Gasteiger partial charge in [-0.3, -0.25) is 14.2 Å². The number of para-hydroxylation sites is 8. The van der Waals surface area contributed by atoms with Crippen molar-refractivity contribution >= 4 is 86.2 Å². The first kappa shape index (κ1) is 53.7. The van der Waals surface area contributed by atoms with E-state index in [4.69, 9.17) is 4.98 Å². The van der Waals surface area contributed by atoms with E-state index in [2.05, 4.69) is 285 Å². The van der Waals surface area contributed by atoms with Gasteiger partial charge in [-0.25, -0.2) is 4.98 Å². The van der Waals surface area contributed by atoms with Gasteiger partial charge in [0, 0.05) is 84.4 Å². The molecule has 0 N–H and O–H groups in total. The topological polar surface area (TPSA) is 58.4 Å². The predicted molar refractivity (Wildman–Crippen MR) is 355 cm³/mol. The Bertz CT molecular complexity index is 5070. The smallest absolute Gasteiger partial charge is 0.145 e. The third-order valence-electron chi connectivity index (χ3n) is 15.9. The Hall–Kier alpha value is -10.3. The average Bonchev–Trinajstić information content (AvgIpc) is 1.78. The molecule has 12 aromatic carbocycles. The summed E-state index contributed by atoms with van der Waals surface area (Å²) < 4.78 is 11.6. The molecule has 0 saturated carbocycles. The Morgan fingerprint density at radius 3 is 1.52 bits per heavy atom. The van der Waals surface area contributed by atoms with Gasteiger partial charge in [0.2, 0.25) is 0 Å². The van der Waals surface area contributed by atoms with Crippen LogP contribution in [-0.4, -0.2) is 33.4 Å². The number of imidazole rings is 1. The minimum Gasteiger partial charge on any atom is -0.309 e. The molecule has 0 bridgehead atoms. The quantitative estimate of drug-likeness (QED) is 0.149. The maximum absolute atomic E-state index is 5.06. The summed E-state index contributed by atoms with van der Waals surface area (Å²) in [5, 5.41) is 12.3. The van der Waals surface area contributed by atoms with E-state index in [1.807, 2.05) is 65.4 Å². The van der Waals surface area contributed by atoms with Crippen LogP contribution in [0, 0.1) is 19.9 Å². The number of benzene rings is 12. The molecule has 0 amide bonds. The zero-order chi connectivity index (χ0) is 56.8. The molecule has 7 nitrogen and oxygen atoms in total. The third kappa shape index (κ3) is 9.68. The summed E-state index contributed by atoms with van der Waals surface area (Å²) in [5.74, 6) is 2.54. The van der Waals surface area contributed by atoms with E-state index in [9.17, 15) is 0 Å². The molecule has 17 rings (SSSR count). The number of aryl methyl sites for hydroxylation is 2. The molecule has 5 heterocycles. The number of hydrogen-bond donors (Lipinski definition) is 0. The molecule has 0 atom stereocenters. The van der Waals surface area contributed by atoms with Crippen LogP contribution in [0.25, 0.3) is 131 Å². The van der Waals surface area contributed by atoms with Crippen LogP contribution < -0.4 is 0 Å². The Kier molecular flexibility index (Phi) is 14.4. The molecule has 5 aromatic heterocycles. The van der Waals surface area contributed by atoms with Gasteiger partial charge in [0.15, 0.2) is 0 Å². The Morgan fingerprint density at radius 1 is 0.372 bits per heavy atom. The fraction of sp³-hybridized carbons (Fsp3) is 0.0260. The summed E-state index contributed by atoms with van der Waals surface area (Å²) in [7, 11) is 0. The van der Waals surface area contributed by atoms with Gasteiger partial charge in [-0.05, 0) is 115 Å². The molecule has 86 heavy (non-hydrogen) atoms. The van der Waals surface area contributed by atoms with Gasteiger partial charge in [0.05, 0.1) is 44.6 Å². The van der Waals surface area contributed by atoms with Crippen LogP contribution in [-0.2, 0) is 20.1 Å². The third-order valence-corrected chi connectivity index (χ3v) is 17.1. The molecule has 413 valence electrons. The van der Waals surface area contributed by atoms with E-state index in [0.29, 0.717) is 0 Å². The van der Waals surface area contributed by atoms with Crippen molar-refractivity contribution in [3.63, 3.8) is 0 Å². The van der Waals surface area contributed by atoms with Gasteiger partial charge in [0.25, 0.3) is 0 Å². The average molecular weight is 1300 g/mol. The first-order chi connectivity index (χ1) is 42.0. The normalized spacial score (nSPS) is 11.3.